The van der Waals surface area contributed by atoms with E-state index in [1.807, 2.05) is 13.8 Å². The van der Waals surface area contributed by atoms with Crippen LogP contribution in [0.2, 0.25) is 0 Å². The first kappa shape index (κ1) is 11.4. The lowest BCUT2D eigenvalue weighted by atomic mass is 10.1. The zero-order valence-corrected chi connectivity index (χ0v) is 8.62. The van der Waals surface area contributed by atoms with E-state index in [0.717, 1.165) is 6.54 Å². The summed E-state index contributed by atoms with van der Waals surface area (Å²) in [6.07, 6.45) is 1.22. The molecule has 1 aliphatic heterocycles. The van der Waals surface area contributed by atoms with Crippen LogP contribution in [0.1, 0.15) is 26.7 Å². The third kappa shape index (κ3) is 3.25. The van der Waals surface area contributed by atoms with Gasteiger partial charge in [-0.2, -0.15) is 0 Å². The highest BCUT2D eigenvalue weighted by atomic mass is 16.5. The average molecular weight is 202 g/mol. The van der Waals surface area contributed by atoms with Gasteiger partial charge in [-0.25, -0.2) is 0 Å². The molecule has 1 heterocycles. The first-order chi connectivity index (χ1) is 6.41. The van der Waals surface area contributed by atoms with Crippen LogP contribution in [0.15, 0.2) is 0 Å². The van der Waals surface area contributed by atoms with E-state index in [2.05, 4.69) is 5.32 Å². The van der Waals surface area contributed by atoms with Crippen LogP contribution in [0.25, 0.3) is 0 Å². The highest BCUT2D eigenvalue weighted by Gasteiger charge is 2.31. The zero-order valence-electron chi connectivity index (χ0n) is 8.62. The van der Waals surface area contributed by atoms with E-state index in [1.165, 1.54) is 0 Å². The minimum absolute atomic E-state index is 0.0791. The van der Waals surface area contributed by atoms with Crippen molar-refractivity contribution in [1.82, 2.24) is 5.32 Å². The lowest BCUT2D eigenvalue weighted by Gasteiger charge is -2.18. The molecule has 0 aromatic rings. The Morgan fingerprint density at radius 2 is 2.43 bits per heavy atom. The van der Waals surface area contributed by atoms with Gasteiger partial charge in [-0.3, -0.25) is 10.1 Å². The Bertz CT molecular complexity index is 218. The molecule has 1 fully saturated rings. The Morgan fingerprint density at radius 1 is 1.79 bits per heavy atom. The van der Waals surface area contributed by atoms with Crippen LogP contribution in [0.4, 0.5) is 0 Å². The SMILES string of the molecule is CC1(C)NC[C@@H](CCC(N)C(=O)O)O1. The fourth-order valence-corrected chi connectivity index (χ4v) is 1.51. The van der Waals surface area contributed by atoms with E-state index in [-0.39, 0.29) is 11.8 Å². The summed E-state index contributed by atoms with van der Waals surface area (Å²) in [4.78, 5) is 10.5. The number of carboxylic acids is 1. The molecule has 82 valence electrons. The molecule has 0 spiro atoms. The van der Waals surface area contributed by atoms with Crippen LogP contribution in [0, 0.1) is 0 Å². The molecule has 2 atom stereocenters. The molecule has 1 aliphatic rings. The zero-order chi connectivity index (χ0) is 10.8. The van der Waals surface area contributed by atoms with Crippen LogP contribution >= 0.6 is 0 Å². The third-order valence-corrected chi connectivity index (χ3v) is 2.33. The Morgan fingerprint density at radius 3 is 2.86 bits per heavy atom. The van der Waals surface area contributed by atoms with Gasteiger partial charge in [0.25, 0.3) is 0 Å². The number of hydrogen-bond acceptors (Lipinski definition) is 4. The molecule has 5 nitrogen and oxygen atoms in total. The van der Waals surface area contributed by atoms with Gasteiger partial charge in [0.2, 0.25) is 0 Å². The number of carbonyl (C=O) groups is 1. The molecule has 4 N–H and O–H groups in total. The van der Waals surface area contributed by atoms with Crippen LogP contribution in [-0.2, 0) is 9.53 Å². The number of rotatable bonds is 4. The van der Waals surface area contributed by atoms with Crippen molar-refractivity contribution in [1.29, 1.82) is 0 Å². The third-order valence-electron chi connectivity index (χ3n) is 2.33. The van der Waals surface area contributed by atoms with Crippen LogP contribution in [0.3, 0.4) is 0 Å². The van der Waals surface area contributed by atoms with Gasteiger partial charge in [-0.05, 0) is 26.7 Å². The van der Waals surface area contributed by atoms with Crippen LogP contribution < -0.4 is 11.1 Å². The molecule has 0 bridgehead atoms. The molecule has 0 aliphatic carbocycles. The van der Waals surface area contributed by atoms with Crippen molar-refractivity contribution >= 4 is 5.97 Å². The average Bonchev–Trinajstić information content (AvgIpc) is 2.41. The lowest BCUT2D eigenvalue weighted by Crippen LogP contribution is -2.33. The van der Waals surface area contributed by atoms with E-state index < -0.39 is 12.0 Å². The van der Waals surface area contributed by atoms with Crippen LogP contribution in [0.5, 0.6) is 0 Å². The largest absolute Gasteiger partial charge is 0.480 e. The highest BCUT2D eigenvalue weighted by Crippen LogP contribution is 2.19. The van der Waals surface area contributed by atoms with E-state index in [4.69, 9.17) is 15.6 Å². The van der Waals surface area contributed by atoms with Crippen molar-refractivity contribution in [2.75, 3.05) is 6.54 Å². The Balaban J connectivity index is 2.24. The monoisotopic (exact) mass is 202 g/mol. The number of nitrogens with one attached hydrogen (secondary N) is 1. The number of aliphatic carboxylic acids is 1. The van der Waals surface area contributed by atoms with E-state index in [1.54, 1.807) is 0 Å². The van der Waals surface area contributed by atoms with Crippen molar-refractivity contribution in [3.63, 3.8) is 0 Å². The van der Waals surface area contributed by atoms with E-state index in [0.29, 0.717) is 12.8 Å². The quantitative estimate of drug-likeness (QED) is 0.593. The number of nitrogens with two attached hydrogens (primary N) is 1. The minimum atomic E-state index is -0.949. The Labute approximate surface area is 83.6 Å². The molecule has 0 radical (unpaired) electrons. The predicted molar refractivity (Wildman–Crippen MR) is 51.8 cm³/mol. The van der Waals surface area contributed by atoms with Crippen molar-refractivity contribution in [2.24, 2.45) is 5.73 Å². The molecule has 0 amide bonds. The molecule has 0 aromatic heterocycles. The maximum absolute atomic E-state index is 10.5. The fraction of sp³-hybridized carbons (Fsp3) is 0.889. The Hall–Kier alpha value is -0.650. The lowest BCUT2D eigenvalue weighted by molar-refractivity contribution is -0.138. The maximum Gasteiger partial charge on any atom is 0.320 e. The second kappa shape index (κ2) is 4.25. The van der Waals surface area contributed by atoms with Gasteiger partial charge in [-0.1, -0.05) is 0 Å². The Kier molecular flexibility index (Phi) is 3.47. The summed E-state index contributed by atoms with van der Waals surface area (Å²) in [5.74, 6) is -0.949. The summed E-state index contributed by atoms with van der Waals surface area (Å²) in [5, 5.41) is 11.8. The van der Waals surface area contributed by atoms with Crippen molar-refractivity contribution in [3.05, 3.63) is 0 Å². The summed E-state index contributed by atoms with van der Waals surface area (Å²) >= 11 is 0. The van der Waals surface area contributed by atoms with Gasteiger partial charge >= 0.3 is 5.97 Å². The summed E-state index contributed by atoms with van der Waals surface area (Å²) in [6.45, 7) is 4.66. The second-order valence-corrected chi connectivity index (χ2v) is 4.15. The van der Waals surface area contributed by atoms with Gasteiger partial charge in [0, 0.05) is 6.54 Å². The number of ether oxygens (including phenoxy) is 1. The van der Waals surface area contributed by atoms with Gasteiger partial charge in [-0.15, -0.1) is 0 Å². The van der Waals surface area contributed by atoms with Crippen LogP contribution in [-0.4, -0.2) is 35.5 Å². The van der Waals surface area contributed by atoms with Crippen molar-refractivity contribution in [2.45, 2.75) is 44.6 Å². The van der Waals surface area contributed by atoms with E-state index >= 15 is 0 Å². The highest BCUT2D eigenvalue weighted by molar-refractivity contribution is 5.72. The molecule has 0 saturated carbocycles. The second-order valence-electron chi connectivity index (χ2n) is 4.15. The van der Waals surface area contributed by atoms with Gasteiger partial charge in [0.05, 0.1) is 6.10 Å². The molecule has 0 aromatic carbocycles. The van der Waals surface area contributed by atoms with Gasteiger partial charge in [0.15, 0.2) is 0 Å². The summed E-state index contributed by atoms with van der Waals surface area (Å²) in [5.41, 5.74) is 5.09. The minimum Gasteiger partial charge on any atom is -0.480 e. The summed E-state index contributed by atoms with van der Waals surface area (Å²) in [6, 6.07) is -0.776. The predicted octanol–water partition coefficient (Wildman–Crippen LogP) is -0.0970. The maximum atomic E-state index is 10.5. The van der Waals surface area contributed by atoms with Gasteiger partial charge < -0.3 is 15.6 Å². The van der Waals surface area contributed by atoms with Gasteiger partial charge in [0.1, 0.15) is 11.8 Å². The van der Waals surface area contributed by atoms with Crippen molar-refractivity contribution < 1.29 is 14.6 Å². The fourth-order valence-electron chi connectivity index (χ4n) is 1.51. The molecule has 5 heteroatoms. The summed E-state index contributed by atoms with van der Waals surface area (Å²) < 4.78 is 5.62. The molecule has 14 heavy (non-hydrogen) atoms. The topological polar surface area (TPSA) is 84.6 Å². The normalized spacial score (nSPS) is 27.5. The number of hydrogen-bond donors (Lipinski definition) is 3. The first-order valence-corrected chi connectivity index (χ1v) is 4.82. The van der Waals surface area contributed by atoms with Crippen molar-refractivity contribution in [3.8, 4) is 0 Å². The first-order valence-electron chi connectivity index (χ1n) is 4.82. The molecule has 1 rings (SSSR count). The van der Waals surface area contributed by atoms with E-state index in [9.17, 15) is 4.79 Å². The molecular weight excluding hydrogens is 184 g/mol. The molecule has 1 saturated heterocycles. The molecular formula is C9H18N2O3. The smallest absolute Gasteiger partial charge is 0.320 e. The number of carboxylic acid groups (broad SMARTS) is 1. The molecule has 1 unspecified atom stereocenters. The summed E-state index contributed by atoms with van der Waals surface area (Å²) in [7, 11) is 0. The standard InChI is InChI=1S/C9H18N2O3/c1-9(2)11-5-6(14-9)3-4-7(10)8(12)13/h6-7,11H,3-5,10H2,1-2H3,(H,12,13)/t6-,7?/m1/s1.